The van der Waals surface area contributed by atoms with Gasteiger partial charge in [-0.3, -0.25) is 10.1 Å². The molecule has 0 spiro atoms. The first-order chi connectivity index (χ1) is 9.10. The van der Waals surface area contributed by atoms with Crippen LogP contribution in [0.15, 0.2) is 0 Å². The summed E-state index contributed by atoms with van der Waals surface area (Å²) in [6.45, 7) is 4.81. The van der Waals surface area contributed by atoms with Crippen LogP contribution in [0.4, 0.5) is 11.5 Å². The van der Waals surface area contributed by atoms with E-state index in [0.717, 1.165) is 6.42 Å². The fourth-order valence-electron chi connectivity index (χ4n) is 1.49. The molecule has 1 rings (SSSR count). The van der Waals surface area contributed by atoms with Gasteiger partial charge < -0.3 is 14.8 Å². The van der Waals surface area contributed by atoms with Crippen molar-refractivity contribution in [2.75, 3.05) is 32.2 Å². The highest BCUT2D eigenvalue weighted by Gasteiger charge is 2.25. The van der Waals surface area contributed by atoms with E-state index in [1.165, 1.54) is 0 Å². The zero-order valence-electron chi connectivity index (χ0n) is 11.3. The van der Waals surface area contributed by atoms with Crippen molar-refractivity contribution in [3.05, 3.63) is 15.9 Å². The Morgan fingerprint density at radius 2 is 2.16 bits per heavy atom. The van der Waals surface area contributed by atoms with Gasteiger partial charge in [0, 0.05) is 20.3 Å². The summed E-state index contributed by atoms with van der Waals surface area (Å²) in [6, 6.07) is 0. The molecule has 1 N–H and O–H groups in total. The second-order valence-corrected chi connectivity index (χ2v) is 3.74. The third-order valence-corrected chi connectivity index (χ3v) is 2.25. The maximum Gasteiger partial charge on any atom is 0.372 e. The Morgan fingerprint density at radius 1 is 1.42 bits per heavy atom. The fourth-order valence-corrected chi connectivity index (χ4v) is 1.49. The van der Waals surface area contributed by atoms with Crippen LogP contribution in [0.5, 0.6) is 5.88 Å². The predicted octanol–water partition coefficient (Wildman–Crippen LogP) is 1.54. The molecule has 1 heterocycles. The Labute approximate surface area is 111 Å². The molecule has 8 nitrogen and oxygen atoms in total. The second kappa shape index (κ2) is 7.47. The van der Waals surface area contributed by atoms with Gasteiger partial charge in [0.25, 0.3) is 5.88 Å². The van der Waals surface area contributed by atoms with Crippen molar-refractivity contribution in [3.8, 4) is 5.88 Å². The van der Waals surface area contributed by atoms with Gasteiger partial charge in [0.2, 0.25) is 5.82 Å². The van der Waals surface area contributed by atoms with E-state index in [9.17, 15) is 10.1 Å². The summed E-state index contributed by atoms with van der Waals surface area (Å²) in [5, 5.41) is 14.0. The van der Waals surface area contributed by atoms with Gasteiger partial charge in [-0.1, -0.05) is 0 Å². The predicted molar refractivity (Wildman–Crippen MR) is 69.6 cm³/mol. The molecule has 0 saturated carbocycles. The van der Waals surface area contributed by atoms with Crippen molar-refractivity contribution in [3.63, 3.8) is 0 Å². The molecule has 0 amide bonds. The molecule has 0 atom stereocenters. The number of anilines is 1. The number of aryl methyl sites for hydroxylation is 1. The van der Waals surface area contributed by atoms with Gasteiger partial charge in [-0.05, 0) is 20.3 Å². The van der Waals surface area contributed by atoms with Crippen molar-refractivity contribution < 1.29 is 14.4 Å². The Bertz CT molecular complexity index is 439. The van der Waals surface area contributed by atoms with Crippen LogP contribution in [0, 0.1) is 17.0 Å². The normalized spacial score (nSPS) is 10.3. The number of nitro groups is 1. The van der Waals surface area contributed by atoms with Crippen LogP contribution >= 0.6 is 0 Å². The lowest BCUT2D eigenvalue weighted by Gasteiger charge is -2.09. The van der Waals surface area contributed by atoms with Crippen molar-refractivity contribution >= 4 is 11.5 Å². The molecule has 19 heavy (non-hydrogen) atoms. The monoisotopic (exact) mass is 270 g/mol. The molecule has 0 aliphatic rings. The Hall–Kier alpha value is -1.96. The number of hydrogen-bond donors (Lipinski definition) is 1. The number of aromatic nitrogens is 2. The summed E-state index contributed by atoms with van der Waals surface area (Å²) in [5.74, 6) is 0.592. The smallest absolute Gasteiger partial charge is 0.372 e. The Balaban J connectivity index is 2.96. The first kappa shape index (κ1) is 15.1. The molecule has 0 aromatic carbocycles. The van der Waals surface area contributed by atoms with E-state index in [1.807, 2.05) is 0 Å². The minimum absolute atomic E-state index is 0.00533. The molecule has 0 radical (unpaired) electrons. The van der Waals surface area contributed by atoms with E-state index < -0.39 is 4.92 Å². The minimum Gasteiger partial charge on any atom is -0.473 e. The zero-order chi connectivity index (χ0) is 14.3. The highest BCUT2D eigenvalue weighted by Crippen LogP contribution is 2.31. The standard InChI is InChI=1S/C11H18N4O4/c1-4-19-11-9(15(16)17)10(13-8(2)14-11)12-6-5-7-18-3/h4-7H2,1-3H3,(H,12,13,14). The van der Waals surface area contributed by atoms with E-state index >= 15 is 0 Å². The maximum atomic E-state index is 11.1. The summed E-state index contributed by atoms with van der Waals surface area (Å²) < 4.78 is 10.1. The number of nitrogens with zero attached hydrogens (tertiary/aromatic N) is 3. The minimum atomic E-state index is -0.539. The molecular formula is C11H18N4O4. The van der Waals surface area contributed by atoms with Crippen molar-refractivity contribution in [2.45, 2.75) is 20.3 Å². The van der Waals surface area contributed by atoms with Gasteiger partial charge in [-0.25, -0.2) is 4.98 Å². The number of rotatable bonds is 8. The first-order valence-corrected chi connectivity index (χ1v) is 5.98. The number of ether oxygens (including phenoxy) is 2. The summed E-state index contributed by atoms with van der Waals surface area (Å²) in [7, 11) is 1.60. The quantitative estimate of drug-likeness (QED) is 0.434. The molecule has 0 saturated heterocycles. The third kappa shape index (κ3) is 4.32. The molecule has 0 fully saturated rings. The van der Waals surface area contributed by atoms with Crippen LogP contribution in [-0.4, -0.2) is 41.8 Å². The average molecular weight is 270 g/mol. The summed E-state index contributed by atoms with van der Waals surface area (Å²) >= 11 is 0. The topological polar surface area (TPSA) is 99.4 Å². The number of methoxy groups -OCH3 is 1. The third-order valence-electron chi connectivity index (χ3n) is 2.25. The van der Waals surface area contributed by atoms with E-state index in [-0.39, 0.29) is 17.4 Å². The van der Waals surface area contributed by atoms with E-state index in [4.69, 9.17) is 9.47 Å². The molecule has 0 aliphatic carbocycles. The average Bonchev–Trinajstić information content (AvgIpc) is 2.34. The molecule has 1 aromatic heterocycles. The van der Waals surface area contributed by atoms with Gasteiger partial charge >= 0.3 is 5.69 Å². The highest BCUT2D eigenvalue weighted by molar-refractivity contribution is 5.61. The fraction of sp³-hybridized carbons (Fsp3) is 0.636. The van der Waals surface area contributed by atoms with Gasteiger partial charge in [0.05, 0.1) is 11.5 Å². The van der Waals surface area contributed by atoms with Gasteiger partial charge in [-0.2, -0.15) is 4.98 Å². The van der Waals surface area contributed by atoms with Crippen LogP contribution < -0.4 is 10.1 Å². The van der Waals surface area contributed by atoms with Crippen LogP contribution in [0.3, 0.4) is 0 Å². The van der Waals surface area contributed by atoms with Gasteiger partial charge in [-0.15, -0.1) is 0 Å². The lowest BCUT2D eigenvalue weighted by atomic mass is 10.4. The lowest BCUT2D eigenvalue weighted by molar-refractivity contribution is -0.385. The summed E-state index contributed by atoms with van der Waals surface area (Å²) in [4.78, 5) is 18.6. The van der Waals surface area contributed by atoms with Crippen molar-refractivity contribution in [1.82, 2.24) is 9.97 Å². The van der Waals surface area contributed by atoms with E-state index in [1.54, 1.807) is 21.0 Å². The molecule has 0 aliphatic heterocycles. The first-order valence-electron chi connectivity index (χ1n) is 5.98. The SMILES string of the molecule is CCOc1nc(C)nc(NCCCOC)c1[N+](=O)[O-]. The second-order valence-electron chi connectivity index (χ2n) is 3.74. The largest absolute Gasteiger partial charge is 0.473 e. The molecule has 0 unspecified atom stereocenters. The van der Waals surface area contributed by atoms with Gasteiger partial charge in [0.1, 0.15) is 5.82 Å². The maximum absolute atomic E-state index is 11.1. The number of nitrogens with one attached hydrogen (secondary N) is 1. The number of hydrogen-bond acceptors (Lipinski definition) is 7. The van der Waals surface area contributed by atoms with Crippen LogP contribution in [0.1, 0.15) is 19.2 Å². The molecule has 8 heteroatoms. The van der Waals surface area contributed by atoms with Gasteiger partial charge in [0.15, 0.2) is 0 Å². The van der Waals surface area contributed by atoms with E-state index in [2.05, 4.69) is 15.3 Å². The Kier molecular flexibility index (Phi) is 5.94. The Morgan fingerprint density at radius 3 is 2.74 bits per heavy atom. The van der Waals surface area contributed by atoms with E-state index in [0.29, 0.717) is 25.6 Å². The van der Waals surface area contributed by atoms with Crippen LogP contribution in [-0.2, 0) is 4.74 Å². The molecule has 1 aromatic rings. The van der Waals surface area contributed by atoms with Crippen molar-refractivity contribution in [2.24, 2.45) is 0 Å². The zero-order valence-corrected chi connectivity index (χ0v) is 11.3. The molecule has 106 valence electrons. The van der Waals surface area contributed by atoms with Crippen LogP contribution in [0.25, 0.3) is 0 Å². The molecular weight excluding hydrogens is 252 g/mol. The summed E-state index contributed by atoms with van der Waals surface area (Å²) in [6.07, 6.45) is 0.723. The van der Waals surface area contributed by atoms with Crippen LogP contribution in [0.2, 0.25) is 0 Å². The molecule has 0 bridgehead atoms. The highest BCUT2D eigenvalue weighted by atomic mass is 16.6. The summed E-state index contributed by atoms with van der Waals surface area (Å²) in [5.41, 5.74) is -0.232. The van der Waals surface area contributed by atoms with Crippen molar-refractivity contribution in [1.29, 1.82) is 0 Å². The lowest BCUT2D eigenvalue weighted by Crippen LogP contribution is -2.11.